The highest BCUT2D eigenvalue weighted by Crippen LogP contribution is 2.33. The Labute approximate surface area is 141 Å². The molecule has 2 atom stereocenters. The number of hydrogen-bond acceptors (Lipinski definition) is 3. The molecule has 0 aromatic heterocycles. The van der Waals surface area contributed by atoms with Crippen molar-refractivity contribution in [3.8, 4) is 0 Å². The summed E-state index contributed by atoms with van der Waals surface area (Å²) in [5, 5.41) is 10.3. The molecule has 1 unspecified atom stereocenters. The molecule has 1 amide bonds. The van der Waals surface area contributed by atoms with Gasteiger partial charge in [-0.15, -0.1) is 0 Å². The SMILES string of the molecule is CC(Cc1ccc(C(N)=O)cc1)(C[C@H](N)O)c1cccc(Cl)c1. The van der Waals surface area contributed by atoms with Gasteiger partial charge in [0.25, 0.3) is 0 Å². The van der Waals surface area contributed by atoms with Crippen molar-refractivity contribution in [1.82, 2.24) is 0 Å². The summed E-state index contributed by atoms with van der Waals surface area (Å²) in [5.74, 6) is -0.452. The Bertz CT molecular complexity index is 686. The zero-order valence-electron chi connectivity index (χ0n) is 13.0. The van der Waals surface area contributed by atoms with Gasteiger partial charge in [0, 0.05) is 16.0 Å². The number of aliphatic hydroxyl groups is 1. The standard InChI is InChI=1S/C18H21ClN2O2/c1-18(11-16(20)22,14-3-2-4-15(19)9-14)10-12-5-7-13(8-6-12)17(21)23/h2-9,16,22H,10-11,20H2,1H3,(H2,21,23)/t16-,18?/m1/s1. The van der Waals surface area contributed by atoms with Gasteiger partial charge in [0.1, 0.15) is 6.23 Å². The Morgan fingerprint density at radius 2 is 1.91 bits per heavy atom. The van der Waals surface area contributed by atoms with Crippen molar-refractivity contribution in [3.05, 3.63) is 70.2 Å². The van der Waals surface area contributed by atoms with E-state index in [1.165, 1.54) is 0 Å². The van der Waals surface area contributed by atoms with E-state index in [0.29, 0.717) is 23.4 Å². The highest BCUT2D eigenvalue weighted by molar-refractivity contribution is 6.30. The van der Waals surface area contributed by atoms with Gasteiger partial charge in [0.15, 0.2) is 0 Å². The van der Waals surface area contributed by atoms with Crippen LogP contribution in [0.25, 0.3) is 0 Å². The van der Waals surface area contributed by atoms with E-state index in [-0.39, 0.29) is 5.41 Å². The lowest BCUT2D eigenvalue weighted by atomic mass is 9.74. The lowest BCUT2D eigenvalue weighted by Gasteiger charge is -2.32. The molecule has 0 bridgehead atoms. The third-order valence-corrected chi connectivity index (χ3v) is 4.25. The fraction of sp³-hybridized carbons (Fsp3) is 0.278. The van der Waals surface area contributed by atoms with Gasteiger partial charge in [-0.3, -0.25) is 4.79 Å². The van der Waals surface area contributed by atoms with Crippen LogP contribution in [-0.2, 0) is 11.8 Å². The first kappa shape index (κ1) is 17.5. The van der Waals surface area contributed by atoms with Crippen molar-refractivity contribution in [2.75, 3.05) is 0 Å². The van der Waals surface area contributed by atoms with E-state index in [1.54, 1.807) is 12.1 Å². The number of aliphatic hydroxyl groups excluding tert-OH is 1. The van der Waals surface area contributed by atoms with Crippen LogP contribution >= 0.6 is 11.6 Å². The smallest absolute Gasteiger partial charge is 0.248 e. The molecular formula is C18H21ClN2O2. The van der Waals surface area contributed by atoms with Gasteiger partial charge in [0.2, 0.25) is 5.91 Å². The third kappa shape index (κ3) is 4.55. The van der Waals surface area contributed by atoms with E-state index in [1.807, 2.05) is 43.3 Å². The van der Waals surface area contributed by atoms with Gasteiger partial charge >= 0.3 is 0 Å². The van der Waals surface area contributed by atoms with Crippen LogP contribution in [0.4, 0.5) is 0 Å². The Morgan fingerprint density at radius 1 is 1.26 bits per heavy atom. The maximum atomic E-state index is 11.2. The molecule has 0 spiro atoms. The number of amides is 1. The minimum absolute atomic E-state index is 0.382. The molecule has 0 heterocycles. The van der Waals surface area contributed by atoms with Gasteiger partial charge in [-0.25, -0.2) is 0 Å². The summed E-state index contributed by atoms with van der Waals surface area (Å²) in [4.78, 5) is 11.2. The minimum atomic E-state index is -0.927. The number of primary amides is 1. The molecule has 0 radical (unpaired) electrons. The molecule has 2 aromatic carbocycles. The second-order valence-electron chi connectivity index (χ2n) is 6.08. The monoisotopic (exact) mass is 332 g/mol. The van der Waals surface area contributed by atoms with Crippen molar-refractivity contribution in [1.29, 1.82) is 0 Å². The first-order chi connectivity index (χ1) is 10.8. The summed E-state index contributed by atoms with van der Waals surface area (Å²) in [6.07, 6.45) is 0.120. The summed E-state index contributed by atoms with van der Waals surface area (Å²) in [5.41, 5.74) is 13.0. The van der Waals surface area contributed by atoms with E-state index >= 15 is 0 Å². The second kappa shape index (κ2) is 7.13. The number of benzene rings is 2. The van der Waals surface area contributed by atoms with Crippen LogP contribution in [0, 0.1) is 0 Å². The molecule has 0 aliphatic rings. The van der Waals surface area contributed by atoms with Gasteiger partial charge in [-0.1, -0.05) is 42.8 Å². The molecule has 0 aliphatic carbocycles. The van der Waals surface area contributed by atoms with Crippen LogP contribution in [0.5, 0.6) is 0 Å². The van der Waals surface area contributed by atoms with E-state index in [9.17, 15) is 9.90 Å². The number of carbonyl (C=O) groups is 1. The van der Waals surface area contributed by atoms with Crippen molar-refractivity contribution < 1.29 is 9.90 Å². The highest BCUT2D eigenvalue weighted by Gasteiger charge is 2.29. The second-order valence-corrected chi connectivity index (χ2v) is 6.52. The Hall–Kier alpha value is -1.88. The van der Waals surface area contributed by atoms with E-state index in [0.717, 1.165) is 11.1 Å². The normalized spacial score (nSPS) is 15.0. The highest BCUT2D eigenvalue weighted by atomic mass is 35.5. The lowest BCUT2D eigenvalue weighted by Crippen LogP contribution is -2.34. The van der Waals surface area contributed by atoms with Crippen molar-refractivity contribution in [3.63, 3.8) is 0 Å². The first-order valence-corrected chi connectivity index (χ1v) is 7.76. The molecular weight excluding hydrogens is 312 g/mol. The fourth-order valence-electron chi connectivity index (χ4n) is 2.85. The molecule has 0 saturated carbocycles. The quantitative estimate of drug-likeness (QED) is 0.710. The summed E-state index contributed by atoms with van der Waals surface area (Å²) in [6, 6.07) is 14.7. The molecule has 2 rings (SSSR count). The Balaban J connectivity index is 2.33. The first-order valence-electron chi connectivity index (χ1n) is 7.38. The molecule has 5 heteroatoms. The largest absolute Gasteiger partial charge is 0.379 e. The topological polar surface area (TPSA) is 89.3 Å². The van der Waals surface area contributed by atoms with Crippen LogP contribution in [0.1, 0.15) is 34.8 Å². The fourth-order valence-corrected chi connectivity index (χ4v) is 3.05. The predicted octanol–water partition coefficient (Wildman–Crippen LogP) is 2.61. The number of rotatable bonds is 6. The summed E-state index contributed by atoms with van der Waals surface area (Å²) in [6.45, 7) is 2.04. The van der Waals surface area contributed by atoms with Crippen molar-refractivity contribution in [2.45, 2.75) is 31.4 Å². The summed E-state index contributed by atoms with van der Waals surface area (Å²) < 4.78 is 0. The van der Waals surface area contributed by atoms with Gasteiger partial charge in [0.05, 0.1) is 0 Å². The van der Waals surface area contributed by atoms with E-state index in [4.69, 9.17) is 23.1 Å². The molecule has 122 valence electrons. The third-order valence-electron chi connectivity index (χ3n) is 4.01. The maximum Gasteiger partial charge on any atom is 0.248 e. The van der Waals surface area contributed by atoms with Gasteiger partial charge in [-0.05, 0) is 48.2 Å². The molecule has 2 aromatic rings. The lowest BCUT2D eigenvalue weighted by molar-refractivity contribution is 0.1000. The predicted molar refractivity (Wildman–Crippen MR) is 92.3 cm³/mol. The van der Waals surface area contributed by atoms with E-state index < -0.39 is 12.1 Å². The number of hydrogen-bond donors (Lipinski definition) is 3. The zero-order chi connectivity index (χ0) is 17.0. The summed E-state index contributed by atoms with van der Waals surface area (Å²) >= 11 is 6.10. The molecule has 4 nitrogen and oxygen atoms in total. The number of nitrogens with two attached hydrogens (primary N) is 2. The minimum Gasteiger partial charge on any atom is -0.379 e. The average Bonchev–Trinajstić information content (AvgIpc) is 2.47. The molecule has 5 N–H and O–H groups in total. The molecule has 0 aliphatic heterocycles. The number of carbonyl (C=O) groups excluding carboxylic acids is 1. The average molecular weight is 333 g/mol. The van der Waals surface area contributed by atoms with Gasteiger partial charge < -0.3 is 16.6 Å². The van der Waals surface area contributed by atoms with Crippen molar-refractivity contribution >= 4 is 17.5 Å². The molecule has 0 fully saturated rings. The Kier molecular flexibility index (Phi) is 5.42. The molecule has 0 saturated heterocycles. The van der Waals surface area contributed by atoms with Crippen molar-refractivity contribution in [2.24, 2.45) is 11.5 Å². The van der Waals surface area contributed by atoms with E-state index in [2.05, 4.69) is 0 Å². The Morgan fingerprint density at radius 3 is 2.43 bits per heavy atom. The summed E-state index contributed by atoms with van der Waals surface area (Å²) in [7, 11) is 0. The van der Waals surface area contributed by atoms with Crippen LogP contribution in [0.15, 0.2) is 48.5 Å². The van der Waals surface area contributed by atoms with Gasteiger partial charge in [-0.2, -0.15) is 0 Å². The zero-order valence-corrected chi connectivity index (χ0v) is 13.8. The van der Waals surface area contributed by atoms with Crippen LogP contribution in [-0.4, -0.2) is 17.2 Å². The maximum absolute atomic E-state index is 11.2. The molecule has 23 heavy (non-hydrogen) atoms. The van der Waals surface area contributed by atoms with Crippen LogP contribution in [0.2, 0.25) is 5.02 Å². The number of halogens is 1. The van der Waals surface area contributed by atoms with Crippen LogP contribution < -0.4 is 11.5 Å². The van der Waals surface area contributed by atoms with Crippen LogP contribution in [0.3, 0.4) is 0 Å².